The van der Waals surface area contributed by atoms with Gasteiger partial charge in [-0.15, -0.1) is 0 Å². The summed E-state index contributed by atoms with van der Waals surface area (Å²) in [5.41, 5.74) is 0. The Hall–Kier alpha value is -0.730. The molecule has 21 heavy (non-hydrogen) atoms. The molecule has 0 radical (unpaired) electrons. The van der Waals surface area contributed by atoms with Crippen molar-refractivity contribution in [2.75, 3.05) is 13.2 Å². The van der Waals surface area contributed by atoms with Crippen LogP contribution >= 0.6 is 0 Å². The maximum atomic E-state index is 12.1. The number of carbonyl (C=O) groups is 1. The molecule has 1 aliphatic rings. The van der Waals surface area contributed by atoms with E-state index in [0.29, 0.717) is 18.6 Å². The van der Waals surface area contributed by atoms with Gasteiger partial charge in [-0.25, -0.2) is 4.79 Å². The quantitative estimate of drug-likeness (QED) is 0.452. The number of ether oxygens (including phenoxy) is 1. The average Bonchev–Trinajstić information content (AvgIpc) is 3.27. The maximum absolute atomic E-state index is 12.1. The average molecular weight is 297 g/mol. The van der Waals surface area contributed by atoms with Crippen LogP contribution in [0.2, 0.25) is 0 Å². The molecule has 0 bridgehead atoms. The molecule has 1 rings (SSSR count). The summed E-state index contributed by atoms with van der Waals surface area (Å²) in [5, 5.41) is 0. The normalized spacial score (nSPS) is 14.5. The van der Waals surface area contributed by atoms with Gasteiger partial charge in [0.2, 0.25) is 0 Å². The molecule has 3 nitrogen and oxygen atoms in total. The van der Waals surface area contributed by atoms with Crippen LogP contribution < -0.4 is 0 Å². The Labute approximate surface area is 131 Å². The van der Waals surface area contributed by atoms with E-state index in [1.165, 1.54) is 32.1 Å². The molecule has 0 aromatic rings. The Morgan fingerprint density at radius 2 is 1.76 bits per heavy atom. The van der Waals surface area contributed by atoms with Gasteiger partial charge in [0, 0.05) is 12.6 Å². The Morgan fingerprint density at radius 3 is 2.38 bits per heavy atom. The number of carbonyl (C=O) groups excluding carboxylic acids is 1. The number of hydrogen-bond acceptors (Lipinski definition) is 2. The van der Waals surface area contributed by atoms with Crippen LogP contribution in [0, 0.1) is 5.92 Å². The van der Waals surface area contributed by atoms with E-state index in [1.807, 2.05) is 4.90 Å². The van der Waals surface area contributed by atoms with Gasteiger partial charge in [0.25, 0.3) is 0 Å². The lowest BCUT2D eigenvalue weighted by Gasteiger charge is -2.22. The molecule has 0 N–H and O–H groups in total. The smallest absolute Gasteiger partial charge is 0.410 e. The molecule has 0 aromatic heterocycles. The van der Waals surface area contributed by atoms with E-state index >= 15 is 0 Å². The summed E-state index contributed by atoms with van der Waals surface area (Å²) in [7, 11) is 0. The third kappa shape index (κ3) is 9.00. The summed E-state index contributed by atoms with van der Waals surface area (Å²) in [5.74, 6) is 0.686. The molecule has 1 aliphatic carbocycles. The SMILES string of the molecule is CCCCCCCCN(C(=O)OCCCC(C)C)C1CC1. The third-order valence-electron chi connectivity index (χ3n) is 4.13. The zero-order valence-corrected chi connectivity index (χ0v) is 14.4. The fourth-order valence-corrected chi connectivity index (χ4v) is 2.61. The summed E-state index contributed by atoms with van der Waals surface area (Å²) in [4.78, 5) is 14.1. The molecule has 0 aliphatic heterocycles. The highest BCUT2D eigenvalue weighted by atomic mass is 16.6. The highest BCUT2D eigenvalue weighted by molar-refractivity contribution is 5.68. The van der Waals surface area contributed by atoms with Crippen molar-refractivity contribution in [3.63, 3.8) is 0 Å². The van der Waals surface area contributed by atoms with Crippen LogP contribution in [-0.4, -0.2) is 30.2 Å². The largest absolute Gasteiger partial charge is 0.449 e. The number of rotatable bonds is 12. The number of unbranched alkanes of at least 4 members (excludes halogenated alkanes) is 5. The first kappa shape index (κ1) is 18.3. The highest BCUT2D eigenvalue weighted by Crippen LogP contribution is 2.28. The van der Waals surface area contributed by atoms with Gasteiger partial charge in [0.05, 0.1) is 6.61 Å². The molecule has 1 fully saturated rings. The minimum absolute atomic E-state index is 0.0742. The van der Waals surface area contributed by atoms with Crippen LogP contribution in [0.4, 0.5) is 4.79 Å². The summed E-state index contributed by atoms with van der Waals surface area (Å²) < 4.78 is 5.44. The van der Waals surface area contributed by atoms with Crippen molar-refractivity contribution >= 4 is 6.09 Å². The van der Waals surface area contributed by atoms with Crippen molar-refractivity contribution in [3.05, 3.63) is 0 Å². The second-order valence-electron chi connectivity index (χ2n) is 6.84. The van der Waals surface area contributed by atoms with Crippen LogP contribution in [0.15, 0.2) is 0 Å². The maximum Gasteiger partial charge on any atom is 0.410 e. The van der Waals surface area contributed by atoms with Crippen molar-refractivity contribution in [1.82, 2.24) is 4.90 Å². The Morgan fingerprint density at radius 1 is 1.10 bits per heavy atom. The summed E-state index contributed by atoms with van der Waals surface area (Å²) in [6.45, 7) is 8.12. The number of hydrogen-bond donors (Lipinski definition) is 0. The van der Waals surface area contributed by atoms with Gasteiger partial charge >= 0.3 is 6.09 Å². The van der Waals surface area contributed by atoms with E-state index in [9.17, 15) is 4.79 Å². The molecule has 0 heterocycles. The van der Waals surface area contributed by atoms with Gasteiger partial charge < -0.3 is 9.64 Å². The van der Waals surface area contributed by atoms with E-state index in [1.54, 1.807) is 0 Å². The standard InChI is InChI=1S/C18H35NO2/c1-4-5-6-7-8-9-14-19(17-12-13-17)18(20)21-15-10-11-16(2)3/h16-17H,4-15H2,1-3H3. The first-order valence-corrected chi connectivity index (χ1v) is 9.08. The molecule has 0 saturated heterocycles. The van der Waals surface area contributed by atoms with Gasteiger partial charge in [0.1, 0.15) is 0 Å². The molecule has 1 amide bonds. The van der Waals surface area contributed by atoms with E-state index in [-0.39, 0.29) is 6.09 Å². The van der Waals surface area contributed by atoms with Crippen molar-refractivity contribution in [2.24, 2.45) is 5.92 Å². The van der Waals surface area contributed by atoms with Crippen LogP contribution in [0.1, 0.15) is 85.0 Å². The van der Waals surface area contributed by atoms with E-state index in [4.69, 9.17) is 4.74 Å². The van der Waals surface area contributed by atoms with Crippen molar-refractivity contribution < 1.29 is 9.53 Å². The molecule has 0 spiro atoms. The van der Waals surface area contributed by atoms with E-state index in [0.717, 1.165) is 38.6 Å². The van der Waals surface area contributed by atoms with Gasteiger partial charge in [-0.05, 0) is 38.0 Å². The number of amides is 1. The Balaban J connectivity index is 2.12. The zero-order valence-electron chi connectivity index (χ0n) is 14.4. The molecule has 0 aromatic carbocycles. The van der Waals surface area contributed by atoms with Gasteiger partial charge in [0.15, 0.2) is 0 Å². The monoisotopic (exact) mass is 297 g/mol. The second-order valence-corrected chi connectivity index (χ2v) is 6.84. The minimum atomic E-state index is -0.0742. The van der Waals surface area contributed by atoms with Crippen LogP contribution in [0.25, 0.3) is 0 Å². The van der Waals surface area contributed by atoms with Crippen LogP contribution in [0.3, 0.4) is 0 Å². The van der Waals surface area contributed by atoms with Gasteiger partial charge in [-0.1, -0.05) is 52.9 Å². The fraction of sp³-hybridized carbons (Fsp3) is 0.944. The highest BCUT2D eigenvalue weighted by Gasteiger charge is 2.32. The predicted molar refractivity (Wildman–Crippen MR) is 88.5 cm³/mol. The Kier molecular flexibility index (Phi) is 9.53. The predicted octanol–water partition coefficient (Wildman–Crippen LogP) is 5.38. The molecule has 1 saturated carbocycles. The lowest BCUT2D eigenvalue weighted by atomic mass is 10.1. The molecule has 3 heteroatoms. The zero-order chi connectivity index (χ0) is 15.5. The van der Waals surface area contributed by atoms with Gasteiger partial charge in [-0.3, -0.25) is 0 Å². The lowest BCUT2D eigenvalue weighted by molar-refractivity contribution is 0.0964. The Bertz CT molecular complexity index is 274. The summed E-state index contributed by atoms with van der Waals surface area (Å²) in [6.07, 6.45) is 12.0. The van der Waals surface area contributed by atoms with E-state index < -0.39 is 0 Å². The van der Waals surface area contributed by atoms with Crippen LogP contribution in [0.5, 0.6) is 0 Å². The lowest BCUT2D eigenvalue weighted by Crippen LogP contribution is -2.34. The van der Waals surface area contributed by atoms with Crippen molar-refractivity contribution in [2.45, 2.75) is 91.0 Å². The van der Waals surface area contributed by atoms with Crippen molar-refractivity contribution in [3.8, 4) is 0 Å². The summed E-state index contributed by atoms with van der Waals surface area (Å²) >= 11 is 0. The first-order chi connectivity index (χ1) is 10.1. The molecule has 0 atom stereocenters. The number of nitrogens with zero attached hydrogens (tertiary/aromatic N) is 1. The second kappa shape index (κ2) is 10.9. The van der Waals surface area contributed by atoms with E-state index in [2.05, 4.69) is 20.8 Å². The molecule has 0 unspecified atom stereocenters. The summed E-state index contributed by atoms with van der Waals surface area (Å²) in [6, 6.07) is 0.471. The topological polar surface area (TPSA) is 29.5 Å². The van der Waals surface area contributed by atoms with Gasteiger partial charge in [-0.2, -0.15) is 0 Å². The van der Waals surface area contributed by atoms with Crippen molar-refractivity contribution in [1.29, 1.82) is 0 Å². The minimum Gasteiger partial charge on any atom is -0.449 e. The first-order valence-electron chi connectivity index (χ1n) is 9.08. The van der Waals surface area contributed by atoms with Crippen LogP contribution in [-0.2, 0) is 4.74 Å². The molecular formula is C18H35NO2. The molecule has 124 valence electrons. The third-order valence-corrected chi connectivity index (χ3v) is 4.13. The fourth-order valence-electron chi connectivity index (χ4n) is 2.61. The molecular weight excluding hydrogens is 262 g/mol.